The van der Waals surface area contributed by atoms with E-state index in [1.807, 2.05) is 0 Å². The van der Waals surface area contributed by atoms with E-state index in [1.54, 1.807) is 12.1 Å². The summed E-state index contributed by atoms with van der Waals surface area (Å²) in [5, 5.41) is 6.37. The van der Waals surface area contributed by atoms with Crippen LogP contribution in [0.4, 0.5) is 10.1 Å². The molecule has 0 aliphatic carbocycles. The number of hydrogen-bond donors (Lipinski definition) is 2. The molecule has 0 bridgehead atoms. The highest BCUT2D eigenvalue weighted by atomic mass is 19.1. The molecule has 0 radical (unpaired) electrons. The predicted octanol–water partition coefficient (Wildman–Crippen LogP) is 1.52. The van der Waals surface area contributed by atoms with E-state index in [-0.39, 0.29) is 23.5 Å². The molecule has 3 rings (SSSR count). The third-order valence-electron chi connectivity index (χ3n) is 3.39. The van der Waals surface area contributed by atoms with Crippen molar-refractivity contribution in [3.8, 4) is 11.4 Å². The summed E-state index contributed by atoms with van der Waals surface area (Å²) < 4.78 is 20.7. The van der Waals surface area contributed by atoms with E-state index in [9.17, 15) is 14.0 Å². The fraction of sp³-hybridized carbons (Fsp3) is 0.0588. The molecule has 3 N–H and O–H groups in total. The Morgan fingerprint density at radius 1 is 1.23 bits per heavy atom. The van der Waals surface area contributed by atoms with Crippen LogP contribution in [0.25, 0.3) is 5.69 Å². The standard InChI is InChI=1S/C17H14FN5O3/c18-14-7-12(4-5-15(14)23-10-20-9-21-23)22-16(24)8-26-13-3-1-2-11(6-13)17(19)25/h1-7,9-10H,8H2,(H2,19,25)(H,22,24). The van der Waals surface area contributed by atoms with E-state index in [0.29, 0.717) is 5.75 Å². The van der Waals surface area contributed by atoms with Gasteiger partial charge in [0.15, 0.2) is 12.4 Å². The summed E-state index contributed by atoms with van der Waals surface area (Å²) in [6, 6.07) is 10.3. The molecule has 0 saturated heterocycles. The van der Waals surface area contributed by atoms with E-state index in [4.69, 9.17) is 10.5 Å². The van der Waals surface area contributed by atoms with Crippen LogP contribution in [-0.4, -0.2) is 33.2 Å². The summed E-state index contributed by atoms with van der Waals surface area (Å²) in [4.78, 5) is 26.8. The van der Waals surface area contributed by atoms with Crippen LogP contribution in [0.15, 0.2) is 55.1 Å². The van der Waals surface area contributed by atoms with Gasteiger partial charge in [-0.2, -0.15) is 5.10 Å². The van der Waals surface area contributed by atoms with E-state index in [2.05, 4.69) is 15.4 Å². The Labute approximate surface area is 147 Å². The minimum atomic E-state index is -0.595. The number of anilines is 1. The summed E-state index contributed by atoms with van der Waals surface area (Å²) in [7, 11) is 0. The van der Waals surface area contributed by atoms with Gasteiger partial charge < -0.3 is 15.8 Å². The van der Waals surface area contributed by atoms with Gasteiger partial charge in [0.2, 0.25) is 5.91 Å². The second kappa shape index (κ2) is 7.43. The fourth-order valence-electron chi connectivity index (χ4n) is 2.19. The summed E-state index contributed by atoms with van der Waals surface area (Å²) in [5.41, 5.74) is 5.93. The maximum Gasteiger partial charge on any atom is 0.262 e. The number of rotatable bonds is 6. The predicted molar refractivity (Wildman–Crippen MR) is 90.4 cm³/mol. The number of amides is 2. The number of nitrogens with zero attached hydrogens (tertiary/aromatic N) is 3. The van der Waals surface area contributed by atoms with Gasteiger partial charge in [-0.05, 0) is 36.4 Å². The maximum absolute atomic E-state index is 14.1. The normalized spacial score (nSPS) is 10.3. The average Bonchev–Trinajstić information content (AvgIpc) is 3.14. The van der Waals surface area contributed by atoms with Gasteiger partial charge in [-0.25, -0.2) is 14.1 Å². The van der Waals surface area contributed by atoms with Gasteiger partial charge in [-0.3, -0.25) is 9.59 Å². The molecular weight excluding hydrogens is 341 g/mol. The number of halogens is 1. The molecule has 0 fully saturated rings. The Balaban J connectivity index is 1.61. The molecule has 132 valence electrons. The highest BCUT2D eigenvalue weighted by Gasteiger charge is 2.10. The van der Waals surface area contributed by atoms with Crippen LogP contribution in [0.2, 0.25) is 0 Å². The minimum absolute atomic E-state index is 0.208. The Hall–Kier alpha value is -3.75. The maximum atomic E-state index is 14.1. The lowest BCUT2D eigenvalue weighted by Crippen LogP contribution is -2.20. The second-order valence-corrected chi connectivity index (χ2v) is 5.24. The van der Waals surface area contributed by atoms with Crippen molar-refractivity contribution in [1.29, 1.82) is 0 Å². The Bertz CT molecular complexity index is 943. The highest BCUT2D eigenvalue weighted by Crippen LogP contribution is 2.18. The Morgan fingerprint density at radius 3 is 2.77 bits per heavy atom. The van der Waals surface area contributed by atoms with Crippen LogP contribution in [0, 0.1) is 5.82 Å². The van der Waals surface area contributed by atoms with Gasteiger partial charge in [-0.1, -0.05) is 6.07 Å². The van der Waals surface area contributed by atoms with Crippen molar-refractivity contribution < 1.29 is 18.7 Å². The summed E-state index contributed by atoms with van der Waals surface area (Å²) in [6.07, 6.45) is 2.66. The molecule has 2 aromatic carbocycles. The first-order valence-electron chi connectivity index (χ1n) is 7.50. The fourth-order valence-corrected chi connectivity index (χ4v) is 2.19. The number of hydrogen-bond acceptors (Lipinski definition) is 5. The number of ether oxygens (including phenoxy) is 1. The summed E-state index contributed by atoms with van der Waals surface area (Å²) >= 11 is 0. The van der Waals surface area contributed by atoms with E-state index < -0.39 is 17.6 Å². The second-order valence-electron chi connectivity index (χ2n) is 5.24. The Kier molecular flexibility index (Phi) is 4.88. The van der Waals surface area contributed by atoms with Crippen LogP contribution >= 0.6 is 0 Å². The van der Waals surface area contributed by atoms with E-state index in [0.717, 1.165) is 0 Å². The van der Waals surface area contributed by atoms with Gasteiger partial charge in [0, 0.05) is 11.3 Å². The van der Waals surface area contributed by atoms with Crippen molar-refractivity contribution in [2.45, 2.75) is 0 Å². The number of nitrogens with one attached hydrogen (secondary N) is 1. The van der Waals surface area contributed by atoms with Crippen molar-refractivity contribution in [2.75, 3.05) is 11.9 Å². The molecule has 26 heavy (non-hydrogen) atoms. The lowest BCUT2D eigenvalue weighted by Gasteiger charge is -2.09. The number of carbonyl (C=O) groups is 2. The first kappa shape index (κ1) is 17.1. The minimum Gasteiger partial charge on any atom is -0.484 e. The molecule has 0 saturated carbocycles. The average molecular weight is 355 g/mol. The summed E-state index contributed by atoms with van der Waals surface area (Å²) in [6.45, 7) is -0.311. The smallest absolute Gasteiger partial charge is 0.262 e. The first-order valence-corrected chi connectivity index (χ1v) is 7.50. The zero-order chi connectivity index (χ0) is 18.5. The van der Waals surface area contributed by atoms with Crippen molar-refractivity contribution in [3.63, 3.8) is 0 Å². The number of primary amides is 1. The summed E-state index contributed by atoms with van der Waals surface area (Å²) in [5.74, 6) is -1.32. The van der Waals surface area contributed by atoms with Gasteiger partial charge in [0.1, 0.15) is 24.1 Å². The highest BCUT2D eigenvalue weighted by molar-refractivity contribution is 5.93. The van der Waals surface area contributed by atoms with Crippen molar-refractivity contribution in [1.82, 2.24) is 14.8 Å². The quantitative estimate of drug-likeness (QED) is 0.696. The van der Waals surface area contributed by atoms with Gasteiger partial charge in [0.05, 0.1) is 0 Å². The third-order valence-corrected chi connectivity index (χ3v) is 3.39. The van der Waals surface area contributed by atoms with Crippen LogP contribution in [0.3, 0.4) is 0 Å². The van der Waals surface area contributed by atoms with Gasteiger partial charge >= 0.3 is 0 Å². The topological polar surface area (TPSA) is 112 Å². The van der Waals surface area contributed by atoms with Crippen molar-refractivity contribution in [3.05, 3.63) is 66.5 Å². The van der Waals surface area contributed by atoms with E-state index in [1.165, 1.54) is 47.7 Å². The van der Waals surface area contributed by atoms with Gasteiger partial charge in [0.25, 0.3) is 5.91 Å². The zero-order valence-corrected chi connectivity index (χ0v) is 13.4. The van der Waals surface area contributed by atoms with Crippen LogP contribution in [0.1, 0.15) is 10.4 Å². The van der Waals surface area contributed by atoms with E-state index >= 15 is 0 Å². The molecule has 0 aliphatic rings. The lowest BCUT2D eigenvalue weighted by atomic mass is 10.2. The number of nitrogens with two attached hydrogens (primary N) is 1. The van der Waals surface area contributed by atoms with Crippen LogP contribution in [0.5, 0.6) is 5.75 Å². The third kappa shape index (κ3) is 4.01. The molecule has 0 unspecified atom stereocenters. The van der Waals surface area contributed by atoms with Gasteiger partial charge in [-0.15, -0.1) is 0 Å². The molecule has 0 spiro atoms. The molecule has 2 amide bonds. The Morgan fingerprint density at radius 2 is 2.08 bits per heavy atom. The van der Waals surface area contributed by atoms with Crippen molar-refractivity contribution >= 4 is 17.5 Å². The molecule has 9 heteroatoms. The number of aromatic nitrogens is 3. The first-order chi connectivity index (χ1) is 12.5. The molecule has 1 heterocycles. The molecule has 8 nitrogen and oxygen atoms in total. The molecular formula is C17H14FN5O3. The monoisotopic (exact) mass is 355 g/mol. The molecule has 1 aromatic heterocycles. The molecule has 0 aliphatic heterocycles. The SMILES string of the molecule is NC(=O)c1cccc(OCC(=O)Nc2ccc(-n3cncn3)c(F)c2)c1. The zero-order valence-electron chi connectivity index (χ0n) is 13.4. The number of benzene rings is 2. The largest absolute Gasteiger partial charge is 0.484 e. The number of carbonyl (C=O) groups excluding carboxylic acids is 2. The van der Waals surface area contributed by atoms with Crippen LogP contribution < -0.4 is 15.8 Å². The molecule has 0 atom stereocenters. The molecule has 3 aromatic rings. The lowest BCUT2D eigenvalue weighted by molar-refractivity contribution is -0.118. The van der Waals surface area contributed by atoms with Crippen molar-refractivity contribution in [2.24, 2.45) is 5.73 Å². The van der Waals surface area contributed by atoms with Crippen LogP contribution in [-0.2, 0) is 4.79 Å².